The first kappa shape index (κ1) is 19.1. The van der Waals surface area contributed by atoms with Crippen molar-refractivity contribution < 1.29 is 9.72 Å². The minimum Gasteiger partial charge on any atom is -0.344 e. The summed E-state index contributed by atoms with van der Waals surface area (Å²) in [5, 5.41) is 24.1. The van der Waals surface area contributed by atoms with Crippen molar-refractivity contribution in [2.24, 2.45) is 0 Å². The number of nitrogens with zero attached hydrogens (tertiary/aromatic N) is 6. The minimum absolute atomic E-state index is 0.0372. The van der Waals surface area contributed by atoms with Crippen LogP contribution in [0.4, 0.5) is 5.69 Å². The predicted octanol–water partition coefficient (Wildman–Crippen LogP) is 3.35. The Labute approximate surface area is 177 Å². The summed E-state index contributed by atoms with van der Waals surface area (Å²) in [6, 6.07) is 14.2. The van der Waals surface area contributed by atoms with Crippen molar-refractivity contribution in [3.8, 4) is 0 Å². The molecule has 0 aliphatic heterocycles. The van der Waals surface area contributed by atoms with E-state index in [1.54, 1.807) is 6.07 Å². The van der Waals surface area contributed by atoms with E-state index in [4.69, 9.17) is 0 Å². The second-order valence-corrected chi connectivity index (χ2v) is 7.64. The molecule has 0 fully saturated rings. The molecule has 0 saturated carbocycles. The second-order valence-electron chi connectivity index (χ2n) is 7.64. The van der Waals surface area contributed by atoms with Gasteiger partial charge in [-0.05, 0) is 53.8 Å². The molecule has 156 valence electrons. The first-order valence-corrected chi connectivity index (χ1v) is 10.3. The molecule has 5 rings (SSSR count). The number of benzene rings is 2. The second kappa shape index (κ2) is 7.75. The molecule has 0 amide bonds. The lowest BCUT2D eigenvalue weighted by Gasteiger charge is -2.16. The number of tetrazole rings is 1. The molecule has 9 nitrogen and oxygen atoms in total. The lowest BCUT2D eigenvalue weighted by Crippen LogP contribution is -2.20. The van der Waals surface area contributed by atoms with Gasteiger partial charge in [-0.3, -0.25) is 14.9 Å². The van der Waals surface area contributed by atoms with Gasteiger partial charge in [-0.1, -0.05) is 30.3 Å². The normalized spacial score (nSPS) is 13.3. The molecule has 2 aromatic heterocycles. The number of hydrogen-bond acceptors (Lipinski definition) is 6. The van der Waals surface area contributed by atoms with Crippen molar-refractivity contribution in [2.75, 3.05) is 0 Å². The highest BCUT2D eigenvalue weighted by atomic mass is 16.6. The number of aryl methyl sites for hydroxylation is 3. The van der Waals surface area contributed by atoms with E-state index in [2.05, 4.69) is 38.3 Å². The zero-order valence-electron chi connectivity index (χ0n) is 16.8. The van der Waals surface area contributed by atoms with Crippen molar-refractivity contribution in [1.29, 1.82) is 0 Å². The van der Waals surface area contributed by atoms with Gasteiger partial charge in [0.15, 0.2) is 5.82 Å². The van der Waals surface area contributed by atoms with Crippen LogP contribution in [-0.2, 0) is 25.8 Å². The molecule has 2 heterocycles. The summed E-state index contributed by atoms with van der Waals surface area (Å²) < 4.78 is 3.37. The van der Waals surface area contributed by atoms with Crippen molar-refractivity contribution >= 4 is 22.5 Å². The maximum Gasteiger partial charge on any atom is 0.288 e. The fraction of sp³-hybridized carbons (Fsp3) is 0.273. The molecule has 1 aliphatic carbocycles. The molecule has 0 spiro atoms. The number of fused-ring (bicyclic) bond motifs is 3. The van der Waals surface area contributed by atoms with Crippen LogP contribution in [0.3, 0.4) is 0 Å². The fourth-order valence-electron chi connectivity index (χ4n) is 4.50. The van der Waals surface area contributed by atoms with Crippen LogP contribution >= 0.6 is 0 Å². The topological polar surface area (TPSA) is 109 Å². The first-order chi connectivity index (χ1) is 15.1. The molecule has 0 atom stereocenters. The third kappa shape index (κ3) is 3.27. The Kier molecular flexibility index (Phi) is 4.78. The van der Waals surface area contributed by atoms with Crippen LogP contribution in [0.25, 0.3) is 10.9 Å². The van der Waals surface area contributed by atoms with Gasteiger partial charge in [0, 0.05) is 35.6 Å². The lowest BCUT2D eigenvalue weighted by molar-refractivity contribution is -0.385. The molecule has 9 heteroatoms. The van der Waals surface area contributed by atoms with Crippen LogP contribution < -0.4 is 0 Å². The summed E-state index contributed by atoms with van der Waals surface area (Å²) >= 11 is 0. The molecule has 1 aliphatic rings. The van der Waals surface area contributed by atoms with E-state index in [0.29, 0.717) is 18.8 Å². The maximum absolute atomic E-state index is 13.0. The van der Waals surface area contributed by atoms with E-state index in [1.807, 2.05) is 6.07 Å². The zero-order chi connectivity index (χ0) is 21.4. The highest BCUT2D eigenvalue weighted by Crippen LogP contribution is 2.32. The van der Waals surface area contributed by atoms with Gasteiger partial charge in [0.2, 0.25) is 0 Å². The number of hydrogen-bond donors (Lipinski definition) is 0. The first-order valence-electron chi connectivity index (χ1n) is 10.3. The third-order valence-corrected chi connectivity index (χ3v) is 5.90. The Bertz CT molecular complexity index is 1310. The average Bonchev–Trinajstić information content (AvgIpc) is 3.40. The molecule has 0 saturated heterocycles. The number of nitro groups is 1. The van der Waals surface area contributed by atoms with Crippen LogP contribution in [0.5, 0.6) is 0 Å². The lowest BCUT2D eigenvalue weighted by atomic mass is 9.95. The Balaban J connectivity index is 1.46. The molecular weight excluding hydrogens is 396 g/mol. The average molecular weight is 416 g/mol. The van der Waals surface area contributed by atoms with Crippen molar-refractivity contribution in [1.82, 2.24) is 24.8 Å². The molecule has 0 bridgehead atoms. The predicted molar refractivity (Wildman–Crippen MR) is 113 cm³/mol. The molecule has 31 heavy (non-hydrogen) atoms. The van der Waals surface area contributed by atoms with E-state index >= 15 is 0 Å². The number of rotatable bonds is 5. The van der Waals surface area contributed by atoms with E-state index < -0.39 is 10.8 Å². The molecule has 0 N–H and O–H groups in total. The molecule has 2 aromatic carbocycles. The van der Waals surface area contributed by atoms with Gasteiger partial charge in [-0.25, -0.2) is 0 Å². The van der Waals surface area contributed by atoms with E-state index in [1.165, 1.54) is 46.8 Å². The van der Waals surface area contributed by atoms with E-state index in [-0.39, 0.29) is 11.3 Å². The third-order valence-electron chi connectivity index (χ3n) is 5.90. The molecule has 0 radical (unpaired) electrons. The van der Waals surface area contributed by atoms with Crippen LogP contribution in [0.15, 0.2) is 48.5 Å². The van der Waals surface area contributed by atoms with Crippen molar-refractivity contribution in [3.63, 3.8) is 0 Å². The Hall–Kier alpha value is -3.88. The summed E-state index contributed by atoms with van der Waals surface area (Å²) in [6.07, 6.45) is 4.91. The Morgan fingerprint density at radius 1 is 1.06 bits per heavy atom. The standard InChI is InChI=1S/C22H20N6O3/c29-22(17-9-3-6-12-20(17)28(30)31)27-21(23-24-25-27)13-14-26-18-10-4-1-7-15(18)16-8-2-5-11-19(16)26/h1,3-4,6-7,9-10,12H,2,5,8,11,13-14H2. The van der Waals surface area contributed by atoms with Gasteiger partial charge in [-0.15, -0.1) is 5.10 Å². The highest BCUT2D eigenvalue weighted by molar-refractivity contribution is 5.99. The maximum atomic E-state index is 13.0. The quantitative estimate of drug-likeness (QED) is 0.280. The van der Waals surface area contributed by atoms with Crippen LogP contribution in [0.1, 0.15) is 40.3 Å². The summed E-state index contributed by atoms with van der Waals surface area (Å²) in [5.41, 5.74) is 3.64. The van der Waals surface area contributed by atoms with Crippen molar-refractivity contribution in [3.05, 3.63) is 81.3 Å². The van der Waals surface area contributed by atoms with Crippen LogP contribution in [0.2, 0.25) is 0 Å². The largest absolute Gasteiger partial charge is 0.344 e. The van der Waals surface area contributed by atoms with Crippen molar-refractivity contribution in [2.45, 2.75) is 38.6 Å². The fourth-order valence-corrected chi connectivity index (χ4v) is 4.50. The van der Waals surface area contributed by atoms with Gasteiger partial charge >= 0.3 is 0 Å². The number of carbonyl (C=O) groups excluding carboxylic acids is 1. The van der Waals surface area contributed by atoms with E-state index in [9.17, 15) is 14.9 Å². The Morgan fingerprint density at radius 2 is 1.84 bits per heavy atom. The number of carbonyl (C=O) groups is 1. The van der Waals surface area contributed by atoms with E-state index in [0.717, 1.165) is 23.9 Å². The molecular formula is C22H20N6O3. The van der Waals surface area contributed by atoms with Crippen LogP contribution in [0, 0.1) is 10.1 Å². The van der Waals surface area contributed by atoms with Crippen LogP contribution in [-0.4, -0.2) is 35.6 Å². The highest BCUT2D eigenvalue weighted by Gasteiger charge is 2.25. The van der Waals surface area contributed by atoms with Gasteiger partial charge in [0.05, 0.1) is 4.92 Å². The van der Waals surface area contributed by atoms with Gasteiger partial charge in [-0.2, -0.15) is 4.68 Å². The zero-order valence-corrected chi connectivity index (χ0v) is 16.8. The molecule has 4 aromatic rings. The molecule has 0 unspecified atom stereocenters. The van der Waals surface area contributed by atoms with Gasteiger partial charge in [0.25, 0.3) is 11.6 Å². The monoisotopic (exact) mass is 416 g/mol. The number of nitro benzene ring substituents is 1. The summed E-state index contributed by atoms with van der Waals surface area (Å²) in [5.74, 6) is -0.225. The number of para-hydroxylation sites is 2. The summed E-state index contributed by atoms with van der Waals surface area (Å²) in [6.45, 7) is 0.625. The van der Waals surface area contributed by atoms with Gasteiger partial charge in [0.1, 0.15) is 5.56 Å². The summed E-state index contributed by atoms with van der Waals surface area (Å²) in [4.78, 5) is 23.7. The minimum atomic E-state index is -0.605. The Morgan fingerprint density at radius 3 is 2.71 bits per heavy atom. The SMILES string of the molecule is O=C(c1ccccc1[N+](=O)[O-])n1nnnc1CCn1c2c(c3ccccc31)CCCC2. The van der Waals surface area contributed by atoms with Gasteiger partial charge < -0.3 is 4.57 Å². The number of aromatic nitrogens is 5. The smallest absolute Gasteiger partial charge is 0.288 e. The summed E-state index contributed by atoms with van der Waals surface area (Å²) in [7, 11) is 0.